The molecule has 0 unspecified atom stereocenters. The largest absolute Gasteiger partial charge is 0.316 e. The fraction of sp³-hybridized carbons (Fsp3) is 0.286. The normalized spacial score (nSPS) is 10.6. The van der Waals surface area contributed by atoms with Crippen LogP contribution in [-0.4, -0.2) is 13.1 Å². The van der Waals surface area contributed by atoms with Crippen molar-refractivity contribution in [3.63, 3.8) is 0 Å². The van der Waals surface area contributed by atoms with E-state index in [4.69, 9.17) is 0 Å². The third-order valence-electron chi connectivity index (χ3n) is 2.65. The van der Waals surface area contributed by atoms with Gasteiger partial charge in [-0.15, -0.1) is 0 Å². The van der Waals surface area contributed by atoms with Crippen LogP contribution in [0.15, 0.2) is 41.1 Å². The molecule has 0 aliphatic carbocycles. The molecule has 2 aromatic rings. The Balaban J connectivity index is 1.63. The topological polar surface area (TPSA) is 12.0 Å². The van der Waals surface area contributed by atoms with Gasteiger partial charge >= 0.3 is 0 Å². The van der Waals surface area contributed by atoms with Gasteiger partial charge in [0.15, 0.2) is 0 Å². The van der Waals surface area contributed by atoms with E-state index in [1.54, 1.807) is 23.5 Å². The first-order valence-corrected chi connectivity index (χ1v) is 6.75. The molecule has 1 N–H and O–H groups in total. The van der Waals surface area contributed by atoms with Gasteiger partial charge in [0, 0.05) is 0 Å². The minimum atomic E-state index is -0.152. The van der Waals surface area contributed by atoms with Gasteiger partial charge in [0.1, 0.15) is 5.82 Å². The predicted octanol–water partition coefficient (Wildman–Crippen LogP) is 3.26. The molecule has 0 fully saturated rings. The second-order valence-corrected chi connectivity index (χ2v) is 4.79. The van der Waals surface area contributed by atoms with Crippen molar-refractivity contribution >= 4 is 11.3 Å². The molecule has 90 valence electrons. The van der Waals surface area contributed by atoms with E-state index in [1.807, 2.05) is 6.07 Å². The summed E-state index contributed by atoms with van der Waals surface area (Å²) < 4.78 is 12.9. The lowest BCUT2D eigenvalue weighted by molar-refractivity contribution is 0.622. The van der Waals surface area contributed by atoms with Gasteiger partial charge in [-0.05, 0) is 66.0 Å². The van der Waals surface area contributed by atoms with Crippen molar-refractivity contribution in [1.29, 1.82) is 0 Å². The summed E-state index contributed by atoms with van der Waals surface area (Å²) in [6.45, 7) is 1.87. The standard InChI is InChI=1S/C14H16FNS/c15-14-3-1-2-12(10-14)4-7-16-8-5-13-6-9-17-11-13/h1-3,6,9-11,16H,4-5,7-8H2. The van der Waals surface area contributed by atoms with Crippen LogP contribution in [0, 0.1) is 5.82 Å². The van der Waals surface area contributed by atoms with E-state index >= 15 is 0 Å². The lowest BCUT2D eigenvalue weighted by atomic mass is 10.1. The van der Waals surface area contributed by atoms with E-state index in [2.05, 4.69) is 22.1 Å². The summed E-state index contributed by atoms with van der Waals surface area (Å²) in [5, 5.41) is 7.65. The van der Waals surface area contributed by atoms with Crippen molar-refractivity contribution in [3.8, 4) is 0 Å². The Bertz CT molecular complexity index is 439. The van der Waals surface area contributed by atoms with Crippen LogP contribution in [0.4, 0.5) is 4.39 Å². The van der Waals surface area contributed by atoms with E-state index in [1.165, 1.54) is 11.6 Å². The van der Waals surface area contributed by atoms with E-state index in [9.17, 15) is 4.39 Å². The van der Waals surface area contributed by atoms with Crippen molar-refractivity contribution in [2.24, 2.45) is 0 Å². The quantitative estimate of drug-likeness (QED) is 0.775. The monoisotopic (exact) mass is 249 g/mol. The van der Waals surface area contributed by atoms with Crippen LogP contribution in [0.3, 0.4) is 0 Å². The Morgan fingerprint density at radius 2 is 1.88 bits per heavy atom. The fourth-order valence-electron chi connectivity index (χ4n) is 1.72. The van der Waals surface area contributed by atoms with E-state index < -0.39 is 0 Å². The van der Waals surface area contributed by atoms with Crippen LogP contribution >= 0.6 is 11.3 Å². The van der Waals surface area contributed by atoms with Crippen molar-refractivity contribution in [3.05, 3.63) is 58.0 Å². The highest BCUT2D eigenvalue weighted by Gasteiger charge is 1.96. The second kappa shape index (κ2) is 6.52. The molecule has 0 saturated carbocycles. The number of hydrogen-bond donors (Lipinski definition) is 1. The van der Waals surface area contributed by atoms with Crippen molar-refractivity contribution in [1.82, 2.24) is 5.32 Å². The minimum Gasteiger partial charge on any atom is -0.316 e. The summed E-state index contributed by atoms with van der Waals surface area (Å²) in [6.07, 6.45) is 1.94. The highest BCUT2D eigenvalue weighted by Crippen LogP contribution is 2.06. The van der Waals surface area contributed by atoms with Crippen molar-refractivity contribution in [2.75, 3.05) is 13.1 Å². The number of halogens is 1. The van der Waals surface area contributed by atoms with Gasteiger partial charge in [-0.2, -0.15) is 11.3 Å². The Labute approximate surface area is 105 Å². The Hall–Kier alpha value is -1.19. The fourth-order valence-corrected chi connectivity index (χ4v) is 2.42. The molecule has 1 aromatic carbocycles. The first-order valence-electron chi connectivity index (χ1n) is 5.81. The minimum absolute atomic E-state index is 0.152. The predicted molar refractivity (Wildman–Crippen MR) is 71.0 cm³/mol. The molecule has 1 aromatic heterocycles. The maximum atomic E-state index is 12.9. The molecule has 0 aliphatic heterocycles. The van der Waals surface area contributed by atoms with Gasteiger partial charge in [0.05, 0.1) is 0 Å². The highest BCUT2D eigenvalue weighted by atomic mass is 32.1. The zero-order valence-corrected chi connectivity index (χ0v) is 10.5. The molecule has 0 radical (unpaired) electrons. The van der Waals surface area contributed by atoms with E-state index in [-0.39, 0.29) is 5.82 Å². The van der Waals surface area contributed by atoms with E-state index in [0.717, 1.165) is 31.5 Å². The Morgan fingerprint density at radius 1 is 1.06 bits per heavy atom. The lowest BCUT2D eigenvalue weighted by Crippen LogP contribution is -2.20. The van der Waals surface area contributed by atoms with Gasteiger partial charge in [-0.1, -0.05) is 12.1 Å². The molecule has 0 aliphatic rings. The molecule has 0 saturated heterocycles. The number of thiophene rings is 1. The molecule has 3 heteroatoms. The summed E-state index contributed by atoms with van der Waals surface area (Å²) in [7, 11) is 0. The number of hydrogen-bond acceptors (Lipinski definition) is 2. The number of nitrogens with one attached hydrogen (secondary N) is 1. The zero-order chi connectivity index (χ0) is 11.9. The van der Waals surface area contributed by atoms with Gasteiger partial charge < -0.3 is 5.32 Å². The maximum absolute atomic E-state index is 12.9. The van der Waals surface area contributed by atoms with Gasteiger partial charge in [-0.25, -0.2) is 4.39 Å². The molecule has 0 amide bonds. The summed E-state index contributed by atoms with van der Waals surface area (Å²) in [5.74, 6) is -0.152. The highest BCUT2D eigenvalue weighted by molar-refractivity contribution is 7.07. The second-order valence-electron chi connectivity index (χ2n) is 4.01. The third kappa shape index (κ3) is 4.29. The molecule has 0 atom stereocenters. The Kier molecular flexibility index (Phi) is 4.71. The molecular weight excluding hydrogens is 233 g/mol. The van der Waals surface area contributed by atoms with Crippen LogP contribution < -0.4 is 5.32 Å². The zero-order valence-electron chi connectivity index (χ0n) is 9.66. The van der Waals surface area contributed by atoms with Crippen molar-refractivity contribution in [2.45, 2.75) is 12.8 Å². The molecular formula is C14H16FNS. The first kappa shape index (κ1) is 12.3. The lowest BCUT2D eigenvalue weighted by Gasteiger charge is -2.04. The molecule has 17 heavy (non-hydrogen) atoms. The van der Waals surface area contributed by atoms with Crippen LogP contribution in [-0.2, 0) is 12.8 Å². The number of benzene rings is 1. The van der Waals surface area contributed by atoms with Crippen LogP contribution in [0.5, 0.6) is 0 Å². The molecule has 1 heterocycles. The van der Waals surface area contributed by atoms with Gasteiger partial charge in [0.2, 0.25) is 0 Å². The van der Waals surface area contributed by atoms with Crippen LogP contribution in [0.1, 0.15) is 11.1 Å². The molecule has 0 bridgehead atoms. The third-order valence-corrected chi connectivity index (χ3v) is 3.38. The van der Waals surface area contributed by atoms with E-state index in [0.29, 0.717) is 0 Å². The Morgan fingerprint density at radius 3 is 2.59 bits per heavy atom. The molecule has 0 spiro atoms. The van der Waals surface area contributed by atoms with Crippen molar-refractivity contribution < 1.29 is 4.39 Å². The van der Waals surface area contributed by atoms with Crippen LogP contribution in [0.25, 0.3) is 0 Å². The summed E-state index contributed by atoms with van der Waals surface area (Å²) >= 11 is 1.73. The van der Waals surface area contributed by atoms with Crippen LogP contribution in [0.2, 0.25) is 0 Å². The average Bonchev–Trinajstić information content (AvgIpc) is 2.82. The molecule has 2 rings (SSSR count). The number of rotatable bonds is 6. The maximum Gasteiger partial charge on any atom is 0.123 e. The summed E-state index contributed by atoms with van der Waals surface area (Å²) in [6, 6.07) is 8.95. The van der Waals surface area contributed by atoms with Gasteiger partial charge in [0.25, 0.3) is 0 Å². The molecule has 1 nitrogen and oxygen atoms in total. The SMILES string of the molecule is Fc1cccc(CCNCCc2ccsc2)c1. The van der Waals surface area contributed by atoms with Gasteiger partial charge in [-0.3, -0.25) is 0 Å². The first-order chi connectivity index (χ1) is 8.34. The summed E-state index contributed by atoms with van der Waals surface area (Å²) in [5.41, 5.74) is 2.43. The smallest absolute Gasteiger partial charge is 0.123 e. The summed E-state index contributed by atoms with van der Waals surface area (Å²) in [4.78, 5) is 0. The average molecular weight is 249 g/mol.